The minimum atomic E-state index is -0.421. The fourth-order valence-corrected chi connectivity index (χ4v) is 3.98. The summed E-state index contributed by atoms with van der Waals surface area (Å²) in [5.74, 6) is 0.380. The number of carbonyl (C=O) groups excluding carboxylic acids is 1. The molecular weight excluding hydrogens is 368 g/mol. The van der Waals surface area contributed by atoms with Crippen molar-refractivity contribution < 1.29 is 9.21 Å². The Kier molecular flexibility index (Phi) is 4.34. The van der Waals surface area contributed by atoms with Gasteiger partial charge in [-0.1, -0.05) is 35.4 Å². The second kappa shape index (κ2) is 7.02. The van der Waals surface area contributed by atoms with E-state index in [-0.39, 0.29) is 11.9 Å². The third-order valence-electron chi connectivity index (χ3n) is 6.11. The predicted octanol–water partition coefficient (Wildman–Crippen LogP) is 3.33. The molecule has 0 radical (unpaired) electrons. The Morgan fingerprint density at radius 1 is 1.17 bits per heavy atom. The normalized spacial score (nSPS) is 18.6. The maximum absolute atomic E-state index is 12.7. The Morgan fingerprint density at radius 3 is 2.66 bits per heavy atom. The first-order valence-electron chi connectivity index (χ1n) is 10.1. The molecule has 1 saturated heterocycles. The van der Waals surface area contributed by atoms with E-state index in [2.05, 4.69) is 25.7 Å². The second-order valence-corrected chi connectivity index (χ2v) is 8.14. The van der Waals surface area contributed by atoms with Crippen molar-refractivity contribution in [2.45, 2.75) is 38.6 Å². The summed E-state index contributed by atoms with van der Waals surface area (Å²) >= 11 is 0. The van der Waals surface area contributed by atoms with Gasteiger partial charge in [-0.25, -0.2) is 0 Å². The quantitative estimate of drug-likeness (QED) is 0.691. The average Bonchev–Trinajstić information content (AvgIpc) is 3.15. The maximum Gasteiger partial charge on any atom is 0.316 e. The van der Waals surface area contributed by atoms with Crippen molar-refractivity contribution in [3.05, 3.63) is 36.4 Å². The zero-order valence-corrected chi connectivity index (χ0v) is 16.4. The number of likely N-dealkylation sites (tertiary alicyclic amines) is 1. The Bertz CT molecular complexity index is 997. The Hall–Kier alpha value is -3.16. The summed E-state index contributed by atoms with van der Waals surface area (Å²) in [4.78, 5) is 14.7. The number of piperidine rings is 1. The lowest BCUT2D eigenvalue weighted by Gasteiger charge is -2.33. The van der Waals surface area contributed by atoms with Crippen LogP contribution in [0.5, 0.6) is 0 Å². The zero-order chi connectivity index (χ0) is 19.8. The van der Waals surface area contributed by atoms with Crippen molar-refractivity contribution in [1.82, 2.24) is 25.3 Å². The molecule has 29 heavy (non-hydrogen) atoms. The fraction of sp³-hybridized carbons (Fsp3) is 0.429. The van der Waals surface area contributed by atoms with Gasteiger partial charge < -0.3 is 14.6 Å². The number of carbonyl (C=O) groups is 1. The topological polar surface area (TPSA) is 99.9 Å². The SMILES string of the molecule is C[C@@H](Nc1nnc(-c2cc(-c3ccccc3)[nH]n2)o1)C(=O)N1CCC2(CC1)CC2. The van der Waals surface area contributed by atoms with Crippen LogP contribution in [0.3, 0.4) is 0 Å². The lowest BCUT2D eigenvalue weighted by atomic mass is 9.93. The summed E-state index contributed by atoms with van der Waals surface area (Å²) in [5.41, 5.74) is 3.01. The number of anilines is 1. The van der Waals surface area contributed by atoms with E-state index in [1.165, 1.54) is 12.8 Å². The van der Waals surface area contributed by atoms with Crippen molar-refractivity contribution in [2.75, 3.05) is 18.4 Å². The van der Waals surface area contributed by atoms with Gasteiger partial charge in [0.25, 0.3) is 5.89 Å². The van der Waals surface area contributed by atoms with Gasteiger partial charge in [-0.3, -0.25) is 9.89 Å². The van der Waals surface area contributed by atoms with E-state index in [0.29, 0.717) is 17.0 Å². The number of amides is 1. The number of nitrogens with zero attached hydrogens (tertiary/aromatic N) is 4. The predicted molar refractivity (Wildman–Crippen MR) is 108 cm³/mol. The molecule has 2 aromatic heterocycles. The third-order valence-corrected chi connectivity index (χ3v) is 6.11. The summed E-state index contributed by atoms with van der Waals surface area (Å²) in [6.45, 7) is 3.51. The highest BCUT2D eigenvalue weighted by atomic mass is 16.4. The van der Waals surface area contributed by atoms with Gasteiger partial charge in [-0.15, -0.1) is 5.10 Å². The van der Waals surface area contributed by atoms with Crippen LogP contribution in [0.1, 0.15) is 32.6 Å². The number of benzene rings is 1. The Balaban J connectivity index is 1.22. The molecule has 5 rings (SSSR count). The van der Waals surface area contributed by atoms with Crippen LogP contribution in [0.15, 0.2) is 40.8 Å². The average molecular weight is 392 g/mol. The molecule has 0 unspecified atom stereocenters. The number of hydrogen-bond acceptors (Lipinski definition) is 6. The van der Waals surface area contributed by atoms with Crippen molar-refractivity contribution in [3.63, 3.8) is 0 Å². The molecule has 1 aliphatic carbocycles. The van der Waals surface area contributed by atoms with Crippen LogP contribution in [-0.4, -0.2) is 50.3 Å². The minimum Gasteiger partial charge on any atom is -0.402 e. The molecule has 3 aromatic rings. The first kappa shape index (κ1) is 17.9. The van der Waals surface area contributed by atoms with Crippen LogP contribution >= 0.6 is 0 Å². The smallest absolute Gasteiger partial charge is 0.316 e. The van der Waals surface area contributed by atoms with E-state index >= 15 is 0 Å². The molecule has 8 heteroatoms. The summed E-state index contributed by atoms with van der Waals surface area (Å²) in [6.07, 6.45) is 4.90. The number of hydrogen-bond donors (Lipinski definition) is 2. The Morgan fingerprint density at radius 2 is 1.93 bits per heavy atom. The standard InChI is InChI=1S/C21H24N6O2/c1-14(19(28)27-11-9-21(7-8-21)10-12-27)22-20-26-25-18(29-20)17-13-16(23-24-17)15-5-3-2-4-6-15/h2-6,13-14H,7-12H2,1H3,(H,22,26)(H,23,24)/t14-/m1/s1. The van der Waals surface area contributed by atoms with Crippen molar-refractivity contribution in [1.29, 1.82) is 0 Å². The Labute approximate surface area is 168 Å². The molecule has 0 bridgehead atoms. The van der Waals surface area contributed by atoms with Gasteiger partial charge in [0.15, 0.2) is 0 Å². The minimum absolute atomic E-state index is 0.0754. The van der Waals surface area contributed by atoms with E-state index in [0.717, 1.165) is 37.2 Å². The number of aromatic nitrogens is 4. The van der Waals surface area contributed by atoms with Crippen LogP contribution in [0, 0.1) is 5.41 Å². The first-order valence-corrected chi connectivity index (χ1v) is 10.1. The van der Waals surface area contributed by atoms with E-state index in [9.17, 15) is 4.79 Å². The monoisotopic (exact) mass is 392 g/mol. The first-order chi connectivity index (χ1) is 14.1. The molecular formula is C21H24N6O2. The van der Waals surface area contributed by atoms with Crippen LogP contribution in [0.2, 0.25) is 0 Å². The third kappa shape index (κ3) is 3.62. The highest BCUT2D eigenvalue weighted by Crippen LogP contribution is 2.53. The molecule has 150 valence electrons. The van der Waals surface area contributed by atoms with E-state index in [1.807, 2.05) is 48.2 Å². The number of H-pyrrole nitrogens is 1. The van der Waals surface area contributed by atoms with Crippen LogP contribution < -0.4 is 5.32 Å². The number of aromatic amines is 1. The molecule has 8 nitrogen and oxygen atoms in total. The number of nitrogens with one attached hydrogen (secondary N) is 2. The van der Waals surface area contributed by atoms with Crippen molar-refractivity contribution in [2.24, 2.45) is 5.41 Å². The lowest BCUT2D eigenvalue weighted by molar-refractivity contribution is -0.133. The highest BCUT2D eigenvalue weighted by molar-refractivity contribution is 5.83. The summed E-state index contributed by atoms with van der Waals surface area (Å²) < 4.78 is 5.68. The van der Waals surface area contributed by atoms with E-state index in [4.69, 9.17) is 4.42 Å². The summed E-state index contributed by atoms with van der Waals surface area (Å²) in [7, 11) is 0. The maximum atomic E-state index is 12.7. The van der Waals surface area contributed by atoms with Gasteiger partial charge in [-0.05, 0) is 49.7 Å². The van der Waals surface area contributed by atoms with Gasteiger partial charge in [0.1, 0.15) is 11.7 Å². The molecule has 1 atom stereocenters. The summed E-state index contributed by atoms with van der Waals surface area (Å²) in [6, 6.07) is 11.6. The molecule has 2 N–H and O–H groups in total. The molecule has 2 aliphatic rings. The zero-order valence-electron chi connectivity index (χ0n) is 16.4. The van der Waals surface area contributed by atoms with E-state index < -0.39 is 6.04 Å². The summed E-state index contributed by atoms with van der Waals surface area (Å²) in [5, 5.41) is 18.4. The molecule has 1 amide bonds. The van der Waals surface area contributed by atoms with Gasteiger partial charge in [0.05, 0.1) is 5.69 Å². The van der Waals surface area contributed by atoms with Crippen LogP contribution in [-0.2, 0) is 4.79 Å². The van der Waals surface area contributed by atoms with Crippen LogP contribution in [0.25, 0.3) is 22.8 Å². The van der Waals surface area contributed by atoms with Crippen molar-refractivity contribution in [3.8, 4) is 22.8 Å². The molecule has 1 aliphatic heterocycles. The van der Waals surface area contributed by atoms with Gasteiger partial charge in [0.2, 0.25) is 5.91 Å². The molecule has 1 saturated carbocycles. The second-order valence-electron chi connectivity index (χ2n) is 8.14. The highest BCUT2D eigenvalue weighted by Gasteiger charge is 2.45. The molecule has 3 heterocycles. The lowest BCUT2D eigenvalue weighted by Crippen LogP contribution is -2.45. The van der Waals surface area contributed by atoms with Gasteiger partial charge in [0, 0.05) is 13.1 Å². The van der Waals surface area contributed by atoms with Crippen molar-refractivity contribution >= 4 is 11.9 Å². The molecule has 1 aromatic carbocycles. The fourth-order valence-electron chi connectivity index (χ4n) is 3.98. The van der Waals surface area contributed by atoms with Crippen LogP contribution in [0.4, 0.5) is 6.01 Å². The van der Waals surface area contributed by atoms with E-state index in [1.54, 1.807) is 0 Å². The van der Waals surface area contributed by atoms with Gasteiger partial charge in [-0.2, -0.15) is 5.10 Å². The molecule has 2 fully saturated rings. The largest absolute Gasteiger partial charge is 0.402 e. The van der Waals surface area contributed by atoms with Gasteiger partial charge >= 0.3 is 6.01 Å². The number of rotatable bonds is 5. The molecule has 1 spiro atoms.